The topological polar surface area (TPSA) is 41.1 Å². The standard InChI is InChI=1S/C17H17FN2O/c1-11(12-2-5-15(18)6-3-12)20-17(21)14-4-7-16-13(10-14)8-9-19-16/h2-7,10-11,19H,8-9H2,1H3,(H,20,21). The summed E-state index contributed by atoms with van der Waals surface area (Å²) in [4.78, 5) is 12.3. The molecule has 1 heterocycles. The Kier molecular flexibility index (Phi) is 3.60. The number of nitrogens with one attached hydrogen (secondary N) is 2. The van der Waals surface area contributed by atoms with Crippen molar-refractivity contribution >= 4 is 11.6 Å². The molecule has 4 heteroatoms. The van der Waals surface area contributed by atoms with Gasteiger partial charge in [0.2, 0.25) is 0 Å². The summed E-state index contributed by atoms with van der Waals surface area (Å²) in [6, 6.07) is 11.7. The summed E-state index contributed by atoms with van der Waals surface area (Å²) < 4.78 is 12.9. The van der Waals surface area contributed by atoms with Gasteiger partial charge in [-0.2, -0.15) is 0 Å². The SMILES string of the molecule is CC(NC(=O)c1ccc2c(c1)CCN2)c1ccc(F)cc1. The monoisotopic (exact) mass is 284 g/mol. The Morgan fingerprint density at radius 1 is 1.24 bits per heavy atom. The van der Waals surface area contributed by atoms with Crippen LogP contribution in [0.2, 0.25) is 0 Å². The molecule has 1 aliphatic heterocycles. The minimum Gasteiger partial charge on any atom is -0.384 e. The zero-order valence-corrected chi connectivity index (χ0v) is 11.8. The molecule has 1 aliphatic rings. The number of hydrogen-bond acceptors (Lipinski definition) is 2. The van der Waals surface area contributed by atoms with Gasteiger partial charge in [0.15, 0.2) is 0 Å². The molecule has 1 atom stereocenters. The van der Waals surface area contributed by atoms with Gasteiger partial charge in [-0.25, -0.2) is 4.39 Å². The highest BCUT2D eigenvalue weighted by Gasteiger charge is 2.15. The third-order valence-corrected chi connectivity index (χ3v) is 3.79. The van der Waals surface area contributed by atoms with Gasteiger partial charge >= 0.3 is 0 Å². The largest absolute Gasteiger partial charge is 0.384 e. The molecule has 0 aromatic heterocycles. The highest BCUT2D eigenvalue weighted by Crippen LogP contribution is 2.23. The molecule has 3 nitrogen and oxygen atoms in total. The average Bonchev–Trinajstić information content (AvgIpc) is 2.95. The molecule has 0 saturated heterocycles. The Morgan fingerprint density at radius 2 is 2.00 bits per heavy atom. The quantitative estimate of drug-likeness (QED) is 0.908. The predicted molar refractivity (Wildman–Crippen MR) is 80.9 cm³/mol. The van der Waals surface area contributed by atoms with E-state index in [0.717, 1.165) is 24.2 Å². The van der Waals surface area contributed by atoms with Crippen LogP contribution in [0.3, 0.4) is 0 Å². The number of rotatable bonds is 3. The molecule has 0 fully saturated rings. The van der Waals surface area contributed by atoms with Gasteiger partial charge in [0.1, 0.15) is 5.82 Å². The molecule has 21 heavy (non-hydrogen) atoms. The lowest BCUT2D eigenvalue weighted by atomic mass is 10.1. The number of halogens is 1. The van der Waals surface area contributed by atoms with Crippen LogP contribution >= 0.6 is 0 Å². The zero-order chi connectivity index (χ0) is 14.8. The summed E-state index contributed by atoms with van der Waals surface area (Å²) in [5.41, 5.74) is 3.83. The first-order chi connectivity index (χ1) is 10.1. The van der Waals surface area contributed by atoms with Crippen molar-refractivity contribution in [1.29, 1.82) is 0 Å². The van der Waals surface area contributed by atoms with Crippen LogP contribution in [-0.4, -0.2) is 12.5 Å². The number of amides is 1. The maximum atomic E-state index is 12.9. The highest BCUT2D eigenvalue weighted by molar-refractivity contribution is 5.95. The van der Waals surface area contributed by atoms with Crippen molar-refractivity contribution in [2.75, 3.05) is 11.9 Å². The van der Waals surface area contributed by atoms with Crippen molar-refractivity contribution in [3.05, 3.63) is 65.0 Å². The highest BCUT2D eigenvalue weighted by atomic mass is 19.1. The first-order valence-corrected chi connectivity index (χ1v) is 7.06. The molecule has 3 rings (SSSR count). The summed E-state index contributed by atoms with van der Waals surface area (Å²) in [5.74, 6) is -0.384. The molecule has 2 aromatic carbocycles. The van der Waals surface area contributed by atoms with Crippen LogP contribution in [-0.2, 0) is 6.42 Å². The van der Waals surface area contributed by atoms with Crippen molar-refractivity contribution in [1.82, 2.24) is 5.32 Å². The van der Waals surface area contributed by atoms with Gasteiger partial charge in [0.05, 0.1) is 6.04 Å². The molecule has 1 amide bonds. The minimum absolute atomic E-state index is 0.110. The average molecular weight is 284 g/mol. The number of anilines is 1. The van der Waals surface area contributed by atoms with E-state index in [-0.39, 0.29) is 17.8 Å². The Balaban J connectivity index is 1.72. The van der Waals surface area contributed by atoms with Crippen molar-refractivity contribution in [3.63, 3.8) is 0 Å². The maximum Gasteiger partial charge on any atom is 0.251 e. The zero-order valence-electron chi connectivity index (χ0n) is 11.8. The van der Waals surface area contributed by atoms with Crippen molar-refractivity contribution in [2.24, 2.45) is 0 Å². The van der Waals surface area contributed by atoms with Crippen LogP contribution < -0.4 is 10.6 Å². The first-order valence-electron chi connectivity index (χ1n) is 7.06. The van der Waals surface area contributed by atoms with Gasteiger partial charge in [0.25, 0.3) is 5.91 Å². The number of benzene rings is 2. The van der Waals surface area contributed by atoms with Crippen LogP contribution in [0.15, 0.2) is 42.5 Å². The number of hydrogen-bond donors (Lipinski definition) is 2. The van der Waals surface area contributed by atoms with E-state index in [1.807, 2.05) is 25.1 Å². The van der Waals surface area contributed by atoms with Crippen LogP contribution in [0.1, 0.15) is 34.5 Å². The summed E-state index contributed by atoms with van der Waals surface area (Å²) in [5, 5.41) is 6.21. The normalized spacial score (nSPS) is 14.2. The van der Waals surface area contributed by atoms with Gasteiger partial charge in [-0.1, -0.05) is 12.1 Å². The smallest absolute Gasteiger partial charge is 0.251 e. The summed E-state index contributed by atoms with van der Waals surface area (Å²) in [6.45, 7) is 2.81. The van der Waals surface area contributed by atoms with Gasteiger partial charge in [-0.3, -0.25) is 4.79 Å². The molecule has 0 spiro atoms. The van der Waals surface area contributed by atoms with Crippen molar-refractivity contribution in [2.45, 2.75) is 19.4 Å². The molecule has 2 N–H and O–H groups in total. The van der Waals surface area contributed by atoms with E-state index in [2.05, 4.69) is 10.6 Å². The molecule has 0 saturated carbocycles. The number of carbonyl (C=O) groups excluding carboxylic acids is 1. The van der Waals surface area contributed by atoms with Gasteiger partial charge < -0.3 is 10.6 Å². The van der Waals surface area contributed by atoms with E-state index >= 15 is 0 Å². The maximum absolute atomic E-state index is 12.9. The fourth-order valence-electron chi connectivity index (χ4n) is 2.56. The van der Waals surface area contributed by atoms with Gasteiger partial charge in [-0.15, -0.1) is 0 Å². The molecular formula is C17H17FN2O. The first kappa shape index (κ1) is 13.6. The lowest BCUT2D eigenvalue weighted by Gasteiger charge is -2.15. The Bertz CT molecular complexity index is 667. The lowest BCUT2D eigenvalue weighted by Crippen LogP contribution is -2.26. The lowest BCUT2D eigenvalue weighted by molar-refractivity contribution is 0.0940. The molecule has 0 bridgehead atoms. The molecular weight excluding hydrogens is 267 g/mol. The van der Waals surface area contributed by atoms with Gasteiger partial charge in [-0.05, 0) is 54.8 Å². The third kappa shape index (κ3) is 2.89. The Hall–Kier alpha value is -2.36. The third-order valence-electron chi connectivity index (χ3n) is 3.79. The van der Waals surface area contributed by atoms with E-state index in [1.165, 1.54) is 17.7 Å². The number of fused-ring (bicyclic) bond motifs is 1. The fourth-order valence-corrected chi connectivity index (χ4v) is 2.56. The van der Waals surface area contributed by atoms with E-state index in [9.17, 15) is 9.18 Å². The van der Waals surface area contributed by atoms with Crippen molar-refractivity contribution in [3.8, 4) is 0 Å². The van der Waals surface area contributed by atoms with E-state index in [1.54, 1.807) is 12.1 Å². The molecule has 0 radical (unpaired) electrons. The van der Waals surface area contributed by atoms with E-state index in [4.69, 9.17) is 0 Å². The number of carbonyl (C=O) groups is 1. The second-order valence-corrected chi connectivity index (χ2v) is 5.30. The second-order valence-electron chi connectivity index (χ2n) is 5.30. The summed E-state index contributed by atoms with van der Waals surface area (Å²) in [6.07, 6.45) is 0.948. The van der Waals surface area contributed by atoms with Crippen LogP contribution in [0.25, 0.3) is 0 Å². The fraction of sp³-hybridized carbons (Fsp3) is 0.235. The molecule has 2 aromatic rings. The molecule has 0 aliphatic carbocycles. The molecule has 108 valence electrons. The van der Waals surface area contributed by atoms with Gasteiger partial charge in [0, 0.05) is 17.8 Å². The Labute approximate surface area is 123 Å². The second kappa shape index (κ2) is 5.56. The predicted octanol–water partition coefficient (Wildman–Crippen LogP) is 3.28. The van der Waals surface area contributed by atoms with E-state index in [0.29, 0.717) is 5.56 Å². The Morgan fingerprint density at radius 3 is 2.76 bits per heavy atom. The summed E-state index contributed by atoms with van der Waals surface area (Å²) >= 11 is 0. The van der Waals surface area contributed by atoms with Crippen LogP contribution in [0, 0.1) is 5.82 Å². The van der Waals surface area contributed by atoms with Crippen molar-refractivity contribution < 1.29 is 9.18 Å². The van der Waals surface area contributed by atoms with Crippen LogP contribution in [0.5, 0.6) is 0 Å². The molecule has 1 unspecified atom stereocenters. The van der Waals surface area contributed by atoms with E-state index < -0.39 is 0 Å². The van der Waals surface area contributed by atoms with Crippen LogP contribution in [0.4, 0.5) is 10.1 Å². The summed E-state index contributed by atoms with van der Waals surface area (Å²) in [7, 11) is 0. The minimum atomic E-state index is -0.275.